The minimum absolute atomic E-state index is 0.0356. The molecule has 41 heavy (non-hydrogen) atoms. The highest BCUT2D eigenvalue weighted by molar-refractivity contribution is 6.22. The van der Waals surface area contributed by atoms with Crippen molar-refractivity contribution in [3.8, 4) is 5.88 Å². The molecule has 4 rings (SSSR count). The molecule has 214 valence electrons. The van der Waals surface area contributed by atoms with Gasteiger partial charge in [-0.25, -0.2) is 14.6 Å². The molecule has 0 radical (unpaired) electrons. The smallest absolute Gasteiger partial charge is 0.407 e. The fourth-order valence-electron chi connectivity index (χ4n) is 4.30. The van der Waals surface area contributed by atoms with Crippen molar-refractivity contribution in [3.63, 3.8) is 0 Å². The number of fused-ring (bicyclic) bond motifs is 1. The van der Waals surface area contributed by atoms with Crippen LogP contribution in [0.15, 0.2) is 77.8 Å². The maximum Gasteiger partial charge on any atom is 0.407 e. The molecular formula is C32H36N4O5. The number of ether oxygens (including phenoxy) is 2. The number of carbonyl (C=O) groups excluding carboxylic acids is 2. The number of nitrogens with one attached hydrogen (secondary N) is 3. The van der Waals surface area contributed by atoms with Crippen LogP contribution in [0.4, 0.5) is 10.5 Å². The first kappa shape index (κ1) is 29.4. The molecule has 0 unspecified atom stereocenters. The molecule has 1 aromatic heterocycles. The number of aliphatic imine (C=N–C) groups is 1. The average molecular weight is 557 g/mol. The van der Waals surface area contributed by atoms with Gasteiger partial charge in [-0.05, 0) is 63.6 Å². The van der Waals surface area contributed by atoms with E-state index in [9.17, 15) is 14.7 Å². The number of rotatable bonds is 10. The molecule has 0 bridgehead atoms. The Bertz CT molecular complexity index is 1520. The third kappa shape index (κ3) is 7.95. The van der Waals surface area contributed by atoms with Gasteiger partial charge < -0.3 is 30.2 Å². The summed E-state index contributed by atoms with van der Waals surface area (Å²) in [5, 5.41) is 17.8. The van der Waals surface area contributed by atoms with Crippen molar-refractivity contribution in [1.82, 2.24) is 15.6 Å². The molecule has 9 nitrogen and oxygen atoms in total. The molecule has 0 fully saturated rings. The van der Waals surface area contributed by atoms with E-state index in [0.29, 0.717) is 35.4 Å². The van der Waals surface area contributed by atoms with Gasteiger partial charge in [-0.1, -0.05) is 48.5 Å². The molecule has 0 aliphatic carbocycles. The molecule has 4 aromatic rings. The summed E-state index contributed by atoms with van der Waals surface area (Å²) in [6.45, 7) is 7.45. The Labute approximate surface area is 239 Å². The first-order valence-electron chi connectivity index (χ1n) is 13.5. The molecule has 0 saturated heterocycles. The number of aromatic amines is 1. The highest BCUT2D eigenvalue weighted by Gasteiger charge is 2.20. The Kier molecular flexibility index (Phi) is 9.41. The molecule has 0 atom stereocenters. The van der Waals surface area contributed by atoms with Gasteiger partial charge in [0.05, 0.1) is 29.6 Å². The lowest BCUT2D eigenvalue weighted by molar-refractivity contribution is 0.0526. The standard InChI is InChI=1S/C32H36N4O5/c1-32(2,3)41-31(39)34-18-8-17-33-20-21-11-14-24(15-12-21)35-28(22-9-6-5-7-10-22)27-25-16-13-23(30(38)40-4)19-26(25)36-29(27)37/h5-7,9-16,19,33,36-37H,8,17-18,20H2,1-4H3,(H,34,39). The summed E-state index contributed by atoms with van der Waals surface area (Å²) in [7, 11) is 1.33. The van der Waals surface area contributed by atoms with E-state index in [-0.39, 0.29) is 5.88 Å². The summed E-state index contributed by atoms with van der Waals surface area (Å²) in [4.78, 5) is 31.6. The summed E-state index contributed by atoms with van der Waals surface area (Å²) in [5.41, 5.74) is 4.29. The van der Waals surface area contributed by atoms with Crippen molar-refractivity contribution in [1.29, 1.82) is 0 Å². The minimum Gasteiger partial charge on any atom is -0.494 e. The van der Waals surface area contributed by atoms with Gasteiger partial charge >= 0.3 is 12.1 Å². The number of carbonyl (C=O) groups is 2. The normalized spacial score (nSPS) is 11.9. The Balaban J connectivity index is 1.46. The number of alkyl carbamates (subject to hydrolysis) is 1. The van der Waals surface area contributed by atoms with Crippen molar-refractivity contribution < 1.29 is 24.2 Å². The maximum atomic E-state index is 12.0. The van der Waals surface area contributed by atoms with Gasteiger partial charge in [-0.3, -0.25) is 0 Å². The molecule has 1 heterocycles. The number of nitrogens with zero attached hydrogens (tertiary/aromatic N) is 1. The van der Waals surface area contributed by atoms with E-state index in [2.05, 4.69) is 15.6 Å². The molecular weight excluding hydrogens is 520 g/mol. The van der Waals surface area contributed by atoms with E-state index in [1.807, 2.05) is 75.4 Å². The molecule has 9 heteroatoms. The van der Waals surface area contributed by atoms with E-state index in [4.69, 9.17) is 14.5 Å². The van der Waals surface area contributed by atoms with Crippen molar-refractivity contribution in [2.75, 3.05) is 20.2 Å². The van der Waals surface area contributed by atoms with Crippen LogP contribution in [-0.2, 0) is 16.0 Å². The monoisotopic (exact) mass is 556 g/mol. The molecule has 0 aliphatic rings. The van der Waals surface area contributed by atoms with Crippen molar-refractivity contribution >= 4 is 34.4 Å². The third-order valence-corrected chi connectivity index (χ3v) is 6.19. The van der Waals surface area contributed by atoms with Crippen LogP contribution in [0, 0.1) is 0 Å². The number of methoxy groups -OCH3 is 1. The number of aromatic hydroxyl groups is 1. The summed E-state index contributed by atoms with van der Waals surface area (Å²) in [6, 6.07) is 22.6. The zero-order valence-electron chi connectivity index (χ0n) is 23.8. The van der Waals surface area contributed by atoms with E-state index in [1.165, 1.54) is 7.11 Å². The topological polar surface area (TPSA) is 125 Å². The van der Waals surface area contributed by atoms with E-state index < -0.39 is 17.7 Å². The fourth-order valence-corrected chi connectivity index (χ4v) is 4.30. The minimum atomic E-state index is -0.508. The molecule has 4 N–H and O–H groups in total. The molecule has 3 aromatic carbocycles. The number of aromatic nitrogens is 1. The Morgan fingerprint density at radius 3 is 2.37 bits per heavy atom. The summed E-state index contributed by atoms with van der Waals surface area (Å²) in [5.74, 6) is -0.488. The van der Waals surface area contributed by atoms with Crippen LogP contribution in [0.3, 0.4) is 0 Å². The van der Waals surface area contributed by atoms with Crippen LogP contribution in [0.5, 0.6) is 5.88 Å². The van der Waals surface area contributed by atoms with Crippen molar-refractivity contribution in [2.24, 2.45) is 4.99 Å². The number of hydrogen-bond acceptors (Lipinski definition) is 7. The largest absolute Gasteiger partial charge is 0.494 e. The van der Waals surface area contributed by atoms with E-state index in [0.717, 1.165) is 35.2 Å². The lowest BCUT2D eigenvalue weighted by Gasteiger charge is -2.19. The molecule has 1 amide bonds. The Morgan fingerprint density at radius 1 is 0.951 bits per heavy atom. The Morgan fingerprint density at radius 2 is 1.68 bits per heavy atom. The second-order valence-corrected chi connectivity index (χ2v) is 10.6. The van der Waals surface area contributed by atoms with Crippen LogP contribution < -0.4 is 10.6 Å². The lowest BCUT2D eigenvalue weighted by atomic mass is 10.00. The number of H-pyrrole nitrogens is 1. The van der Waals surface area contributed by atoms with E-state index in [1.54, 1.807) is 18.2 Å². The van der Waals surface area contributed by atoms with Crippen LogP contribution in [-0.4, -0.2) is 53.7 Å². The van der Waals surface area contributed by atoms with Gasteiger partial charge in [0.15, 0.2) is 5.88 Å². The summed E-state index contributed by atoms with van der Waals surface area (Å²) < 4.78 is 10.1. The average Bonchev–Trinajstić information content (AvgIpc) is 3.28. The number of benzene rings is 3. The van der Waals surface area contributed by atoms with Crippen molar-refractivity contribution in [2.45, 2.75) is 39.3 Å². The van der Waals surface area contributed by atoms with Crippen molar-refractivity contribution in [3.05, 3.63) is 95.1 Å². The van der Waals surface area contributed by atoms with Gasteiger partial charge in [0.2, 0.25) is 0 Å². The summed E-state index contributed by atoms with van der Waals surface area (Å²) >= 11 is 0. The quantitative estimate of drug-likeness (QED) is 0.111. The fraction of sp³-hybridized carbons (Fsp3) is 0.281. The zero-order chi connectivity index (χ0) is 29.4. The molecule has 0 spiro atoms. The third-order valence-electron chi connectivity index (χ3n) is 6.19. The predicted molar refractivity (Wildman–Crippen MR) is 160 cm³/mol. The first-order valence-corrected chi connectivity index (χ1v) is 13.5. The van der Waals surface area contributed by atoms with Crippen LogP contribution in [0.1, 0.15) is 54.2 Å². The second kappa shape index (κ2) is 13.1. The predicted octanol–water partition coefficient (Wildman–Crippen LogP) is 5.83. The van der Waals surface area contributed by atoms with E-state index >= 15 is 0 Å². The zero-order valence-corrected chi connectivity index (χ0v) is 23.8. The summed E-state index contributed by atoms with van der Waals surface area (Å²) in [6.07, 6.45) is 0.368. The van der Waals surface area contributed by atoms with Gasteiger partial charge in [-0.2, -0.15) is 0 Å². The SMILES string of the molecule is COC(=O)c1ccc2c(C(=Nc3ccc(CNCCCNC(=O)OC(C)(C)C)cc3)c3ccccc3)c(O)[nH]c2c1. The van der Waals surface area contributed by atoms with Crippen LogP contribution >= 0.6 is 0 Å². The van der Waals surface area contributed by atoms with Crippen LogP contribution in [0.2, 0.25) is 0 Å². The number of amides is 1. The lowest BCUT2D eigenvalue weighted by Crippen LogP contribution is -2.33. The molecule has 0 saturated carbocycles. The second-order valence-electron chi connectivity index (χ2n) is 10.6. The molecule has 0 aliphatic heterocycles. The van der Waals surface area contributed by atoms with Gasteiger partial charge in [0, 0.05) is 29.6 Å². The maximum absolute atomic E-state index is 12.0. The number of esters is 1. The highest BCUT2D eigenvalue weighted by Crippen LogP contribution is 2.32. The highest BCUT2D eigenvalue weighted by atomic mass is 16.6. The van der Waals surface area contributed by atoms with Crippen LogP contribution in [0.25, 0.3) is 10.9 Å². The van der Waals surface area contributed by atoms with Gasteiger partial charge in [-0.15, -0.1) is 0 Å². The Hall–Kier alpha value is -4.63. The van der Waals surface area contributed by atoms with Gasteiger partial charge in [0.25, 0.3) is 0 Å². The number of hydrogen-bond donors (Lipinski definition) is 4. The van der Waals surface area contributed by atoms with Gasteiger partial charge in [0.1, 0.15) is 5.60 Å². The first-order chi connectivity index (χ1) is 19.6.